The van der Waals surface area contributed by atoms with Crippen LogP contribution in [-0.4, -0.2) is 49.4 Å². The summed E-state index contributed by atoms with van der Waals surface area (Å²) >= 11 is 0. The number of likely N-dealkylation sites (N-methyl/N-ethyl adjacent to an activating group) is 1. The average Bonchev–Trinajstić information content (AvgIpc) is 2.78. The Bertz CT molecular complexity index is 359. The highest BCUT2D eigenvalue weighted by atomic mass is 16.6. The lowest BCUT2D eigenvalue weighted by molar-refractivity contribution is -0.0963. The lowest BCUT2D eigenvalue weighted by Crippen LogP contribution is -2.38. The molecule has 1 unspecified atom stereocenters. The van der Waals surface area contributed by atoms with Crippen LogP contribution in [0.25, 0.3) is 0 Å². The van der Waals surface area contributed by atoms with Gasteiger partial charge in [-0.05, 0) is 7.05 Å². The van der Waals surface area contributed by atoms with Crippen molar-refractivity contribution in [1.29, 1.82) is 0 Å². The molecule has 0 radical (unpaired) electrons. The van der Waals surface area contributed by atoms with E-state index in [2.05, 4.69) is 30.8 Å². The van der Waals surface area contributed by atoms with Crippen LogP contribution in [0.3, 0.4) is 0 Å². The maximum atomic E-state index is 5.62. The fourth-order valence-electron chi connectivity index (χ4n) is 1.99. The molecule has 1 aromatic rings. The second-order valence-corrected chi connectivity index (χ2v) is 5.10. The monoisotopic (exact) mass is 254 g/mol. The van der Waals surface area contributed by atoms with Crippen molar-refractivity contribution in [3.05, 3.63) is 17.8 Å². The first-order valence-electron chi connectivity index (χ1n) is 6.47. The molecule has 1 aliphatic rings. The highest BCUT2D eigenvalue weighted by molar-refractivity contribution is 4.99. The zero-order valence-corrected chi connectivity index (χ0v) is 11.4. The summed E-state index contributed by atoms with van der Waals surface area (Å²) in [5.41, 5.74) is 0.970. The topological polar surface area (TPSA) is 47.7 Å². The lowest BCUT2D eigenvalue weighted by atomic mass is 10.2. The molecule has 0 bridgehead atoms. The molecule has 5 heteroatoms. The molecule has 0 aliphatic carbocycles. The van der Waals surface area contributed by atoms with Gasteiger partial charge in [0.1, 0.15) is 6.26 Å². The molecule has 1 fully saturated rings. The van der Waals surface area contributed by atoms with Gasteiger partial charge in [-0.1, -0.05) is 13.8 Å². The Labute approximate surface area is 108 Å². The summed E-state index contributed by atoms with van der Waals surface area (Å²) in [6.07, 6.45) is 1.91. The molecular formula is C13H22N2O3. The number of nitrogens with zero attached hydrogens (tertiary/aromatic N) is 2. The third-order valence-electron chi connectivity index (χ3n) is 2.90. The molecule has 5 nitrogen and oxygen atoms in total. The lowest BCUT2D eigenvalue weighted by Gasteiger charge is -2.26. The largest absolute Gasteiger partial charge is 0.448 e. The second kappa shape index (κ2) is 6.31. The van der Waals surface area contributed by atoms with Gasteiger partial charge in [-0.15, -0.1) is 0 Å². The van der Waals surface area contributed by atoms with Gasteiger partial charge in [-0.3, -0.25) is 4.90 Å². The van der Waals surface area contributed by atoms with Crippen LogP contribution in [0.4, 0.5) is 0 Å². The molecule has 102 valence electrons. The average molecular weight is 254 g/mol. The quantitative estimate of drug-likeness (QED) is 0.799. The van der Waals surface area contributed by atoms with Gasteiger partial charge in [-0.25, -0.2) is 4.98 Å². The summed E-state index contributed by atoms with van der Waals surface area (Å²) in [5.74, 6) is 1.13. The van der Waals surface area contributed by atoms with Crippen LogP contribution in [0.5, 0.6) is 0 Å². The summed E-state index contributed by atoms with van der Waals surface area (Å²) in [5, 5.41) is 0. The fourth-order valence-corrected chi connectivity index (χ4v) is 1.99. The standard InChI is InChI=1S/C13H22N2O3/c1-10(2)13-14-11(8-18-13)6-15(3)7-12-9-16-4-5-17-12/h8,10,12H,4-7,9H2,1-3H3. The van der Waals surface area contributed by atoms with Crippen molar-refractivity contribution < 1.29 is 13.9 Å². The number of rotatable bonds is 5. The van der Waals surface area contributed by atoms with E-state index in [4.69, 9.17) is 13.9 Å². The molecule has 2 rings (SSSR count). The van der Waals surface area contributed by atoms with E-state index in [9.17, 15) is 0 Å². The predicted octanol–water partition coefficient (Wildman–Crippen LogP) is 1.65. The summed E-state index contributed by atoms with van der Waals surface area (Å²) in [7, 11) is 2.06. The third kappa shape index (κ3) is 3.80. The number of aromatic nitrogens is 1. The van der Waals surface area contributed by atoms with Gasteiger partial charge in [0, 0.05) is 19.0 Å². The van der Waals surface area contributed by atoms with Crippen molar-refractivity contribution in [2.45, 2.75) is 32.4 Å². The van der Waals surface area contributed by atoms with Crippen LogP contribution in [0, 0.1) is 0 Å². The molecule has 1 aliphatic heterocycles. The molecule has 2 heterocycles. The molecule has 1 atom stereocenters. The molecule has 0 saturated carbocycles. The van der Waals surface area contributed by atoms with E-state index >= 15 is 0 Å². The predicted molar refractivity (Wildman–Crippen MR) is 67.5 cm³/mol. The first kappa shape index (κ1) is 13.5. The molecular weight excluding hydrogens is 232 g/mol. The maximum absolute atomic E-state index is 5.62. The highest BCUT2D eigenvalue weighted by Gasteiger charge is 2.17. The van der Waals surface area contributed by atoms with Gasteiger partial charge >= 0.3 is 0 Å². The van der Waals surface area contributed by atoms with Gasteiger partial charge in [-0.2, -0.15) is 0 Å². The summed E-state index contributed by atoms with van der Waals surface area (Å²) in [6, 6.07) is 0. The smallest absolute Gasteiger partial charge is 0.196 e. The van der Waals surface area contributed by atoms with Crippen LogP contribution >= 0.6 is 0 Å². The summed E-state index contributed by atoms with van der Waals surface area (Å²) < 4.78 is 16.4. The van der Waals surface area contributed by atoms with Gasteiger partial charge in [0.05, 0.1) is 31.6 Å². The Balaban J connectivity index is 1.80. The third-order valence-corrected chi connectivity index (χ3v) is 2.90. The second-order valence-electron chi connectivity index (χ2n) is 5.10. The van der Waals surface area contributed by atoms with Crippen LogP contribution in [0.15, 0.2) is 10.7 Å². The van der Waals surface area contributed by atoms with E-state index in [1.54, 1.807) is 6.26 Å². The minimum absolute atomic E-state index is 0.167. The normalized spacial score (nSPS) is 20.8. The Morgan fingerprint density at radius 3 is 2.89 bits per heavy atom. The van der Waals surface area contributed by atoms with Gasteiger partial charge < -0.3 is 13.9 Å². The highest BCUT2D eigenvalue weighted by Crippen LogP contribution is 2.14. The number of oxazole rings is 1. The molecule has 18 heavy (non-hydrogen) atoms. The van der Waals surface area contributed by atoms with Crippen molar-refractivity contribution in [3.8, 4) is 0 Å². The van der Waals surface area contributed by atoms with Crippen molar-refractivity contribution in [1.82, 2.24) is 9.88 Å². The Morgan fingerprint density at radius 1 is 1.44 bits per heavy atom. The number of ether oxygens (including phenoxy) is 2. The Morgan fingerprint density at radius 2 is 2.28 bits per heavy atom. The van der Waals surface area contributed by atoms with Gasteiger partial charge in [0.25, 0.3) is 0 Å². The van der Waals surface area contributed by atoms with E-state index in [-0.39, 0.29) is 6.10 Å². The summed E-state index contributed by atoms with van der Waals surface area (Å²) in [4.78, 5) is 6.64. The SMILES string of the molecule is CC(C)c1nc(CN(C)CC2COCCO2)co1. The summed E-state index contributed by atoms with van der Waals surface area (Å²) in [6.45, 7) is 7.86. The van der Waals surface area contributed by atoms with Gasteiger partial charge in [0.2, 0.25) is 0 Å². The van der Waals surface area contributed by atoms with Crippen LogP contribution in [-0.2, 0) is 16.0 Å². The Kier molecular flexibility index (Phi) is 4.74. The first-order chi connectivity index (χ1) is 8.65. The fraction of sp³-hybridized carbons (Fsp3) is 0.769. The Hall–Kier alpha value is -0.910. The van der Waals surface area contributed by atoms with E-state index in [1.165, 1.54) is 0 Å². The first-order valence-corrected chi connectivity index (χ1v) is 6.47. The van der Waals surface area contributed by atoms with Gasteiger partial charge in [0.15, 0.2) is 5.89 Å². The number of hydrogen-bond donors (Lipinski definition) is 0. The molecule has 0 aromatic carbocycles. The van der Waals surface area contributed by atoms with E-state index in [0.717, 1.165) is 24.7 Å². The minimum atomic E-state index is 0.167. The van der Waals surface area contributed by atoms with Crippen molar-refractivity contribution in [3.63, 3.8) is 0 Å². The van der Waals surface area contributed by atoms with E-state index < -0.39 is 0 Å². The van der Waals surface area contributed by atoms with E-state index in [1.807, 2.05) is 0 Å². The molecule has 0 amide bonds. The van der Waals surface area contributed by atoms with Crippen molar-refractivity contribution >= 4 is 0 Å². The molecule has 1 saturated heterocycles. The van der Waals surface area contributed by atoms with Crippen molar-refractivity contribution in [2.24, 2.45) is 0 Å². The van der Waals surface area contributed by atoms with Crippen LogP contribution in [0.2, 0.25) is 0 Å². The zero-order chi connectivity index (χ0) is 13.0. The van der Waals surface area contributed by atoms with Crippen LogP contribution in [0.1, 0.15) is 31.4 Å². The van der Waals surface area contributed by atoms with Crippen molar-refractivity contribution in [2.75, 3.05) is 33.4 Å². The van der Waals surface area contributed by atoms with Crippen LogP contribution < -0.4 is 0 Å². The maximum Gasteiger partial charge on any atom is 0.196 e. The molecule has 0 N–H and O–H groups in total. The zero-order valence-electron chi connectivity index (χ0n) is 11.4. The minimum Gasteiger partial charge on any atom is -0.448 e. The molecule has 1 aromatic heterocycles. The number of hydrogen-bond acceptors (Lipinski definition) is 5. The molecule has 0 spiro atoms. The van der Waals surface area contributed by atoms with E-state index in [0.29, 0.717) is 25.7 Å².